The van der Waals surface area contributed by atoms with Gasteiger partial charge in [-0.1, -0.05) is 48.5 Å². The van der Waals surface area contributed by atoms with Crippen LogP contribution in [0.25, 0.3) is 43.1 Å². The highest BCUT2D eigenvalue weighted by Crippen LogP contribution is 2.42. The smallest absolute Gasteiger partial charge is 0.200 e. The van der Waals surface area contributed by atoms with Crippen molar-refractivity contribution in [1.29, 1.82) is 0 Å². The Bertz CT molecular complexity index is 2910. The Morgan fingerprint density at radius 3 is 0.769 bits per heavy atom. The molecule has 0 amide bonds. The zero-order valence-electron chi connectivity index (χ0n) is 33.0. The maximum Gasteiger partial charge on any atom is 0.200 e. The number of anilines is 6. The molecule has 9 aromatic rings. The van der Waals surface area contributed by atoms with Gasteiger partial charge in [-0.15, -0.1) is 11.3 Å². The fourth-order valence-electron chi connectivity index (χ4n) is 7.35. The summed E-state index contributed by atoms with van der Waals surface area (Å²) in [5.74, 6) is -20.3. The summed E-state index contributed by atoms with van der Waals surface area (Å²) in [6.45, 7) is 0. The van der Waals surface area contributed by atoms with E-state index in [-0.39, 0.29) is 11.1 Å². The minimum Gasteiger partial charge on any atom is -0.310 e. The summed E-state index contributed by atoms with van der Waals surface area (Å²) >= 11 is 1.54. The number of nitrogens with zero attached hydrogens (tertiary/aromatic N) is 4. The maximum absolute atomic E-state index is 14.6. The Morgan fingerprint density at radius 1 is 0.262 bits per heavy atom. The van der Waals surface area contributed by atoms with Crippen LogP contribution in [-0.4, -0.2) is 9.97 Å². The number of rotatable bonds is 10. The molecule has 0 spiro atoms. The Hall–Kier alpha value is -7.78. The molecule has 322 valence electrons. The summed E-state index contributed by atoms with van der Waals surface area (Å²) in [4.78, 5) is 13.8. The van der Waals surface area contributed by atoms with Crippen LogP contribution >= 0.6 is 11.3 Å². The van der Waals surface area contributed by atoms with Gasteiger partial charge in [0.1, 0.15) is 0 Å². The Labute approximate surface area is 367 Å². The summed E-state index contributed by atoms with van der Waals surface area (Å²) in [7, 11) is 0. The number of pyridine rings is 2. The molecule has 3 aromatic heterocycles. The second-order valence-corrected chi connectivity index (χ2v) is 15.4. The second-order valence-electron chi connectivity index (χ2n) is 14.3. The van der Waals surface area contributed by atoms with Crippen LogP contribution in [0.5, 0.6) is 0 Å². The number of benzene rings is 6. The van der Waals surface area contributed by atoms with Crippen molar-refractivity contribution in [3.05, 3.63) is 216 Å². The molecule has 0 N–H and O–H groups in total. The normalized spacial score (nSPS) is 11.2. The first-order chi connectivity index (χ1) is 31.4. The second kappa shape index (κ2) is 17.4. The van der Waals surface area contributed by atoms with Gasteiger partial charge in [0.05, 0.1) is 11.1 Å². The van der Waals surface area contributed by atoms with Gasteiger partial charge in [0.2, 0.25) is 11.6 Å². The van der Waals surface area contributed by atoms with Crippen LogP contribution in [0.1, 0.15) is 0 Å². The van der Waals surface area contributed by atoms with E-state index in [2.05, 4.69) is 9.97 Å². The van der Waals surface area contributed by atoms with E-state index in [1.54, 1.807) is 60.4 Å². The lowest BCUT2D eigenvalue weighted by Crippen LogP contribution is -2.10. The van der Waals surface area contributed by atoms with E-state index in [0.717, 1.165) is 20.9 Å². The molecule has 0 atom stereocenters. The van der Waals surface area contributed by atoms with Gasteiger partial charge >= 0.3 is 0 Å². The van der Waals surface area contributed by atoms with Gasteiger partial charge in [-0.05, 0) is 107 Å². The number of halogens is 10. The predicted molar refractivity (Wildman–Crippen MR) is 231 cm³/mol. The molecule has 0 saturated carbocycles. The molecule has 0 bridgehead atoms. The summed E-state index contributed by atoms with van der Waals surface area (Å²) < 4.78 is 142. The molecule has 0 aliphatic carbocycles. The van der Waals surface area contributed by atoms with Crippen LogP contribution in [0.3, 0.4) is 0 Å². The Morgan fingerprint density at radius 2 is 0.492 bits per heavy atom. The van der Waals surface area contributed by atoms with Crippen molar-refractivity contribution in [3.8, 4) is 43.1 Å². The number of hydrogen-bond donors (Lipinski definition) is 0. The predicted octanol–water partition coefficient (Wildman–Crippen LogP) is 15.5. The fourth-order valence-corrected chi connectivity index (χ4v) is 8.37. The largest absolute Gasteiger partial charge is 0.310 e. The van der Waals surface area contributed by atoms with E-state index >= 15 is 0 Å². The van der Waals surface area contributed by atoms with E-state index in [1.807, 2.05) is 70.5 Å². The minimum atomic E-state index is -2.23. The molecule has 9 rings (SSSR count). The fraction of sp³-hybridized carbons (Fsp3) is 0. The highest BCUT2D eigenvalue weighted by atomic mass is 32.1. The van der Waals surface area contributed by atoms with Gasteiger partial charge in [0.25, 0.3) is 0 Å². The molecular formula is C50H26F10N4S. The van der Waals surface area contributed by atoms with Gasteiger partial charge in [-0.2, -0.15) is 0 Å². The zero-order chi connectivity index (χ0) is 45.5. The molecule has 0 saturated heterocycles. The molecule has 6 aromatic carbocycles. The highest BCUT2D eigenvalue weighted by molar-refractivity contribution is 7.18. The molecular weight excluding hydrogens is 879 g/mol. The van der Waals surface area contributed by atoms with E-state index < -0.39 is 69.3 Å². The molecule has 0 aliphatic heterocycles. The van der Waals surface area contributed by atoms with Crippen molar-refractivity contribution >= 4 is 45.5 Å². The lowest BCUT2D eigenvalue weighted by Gasteiger charge is -2.25. The van der Waals surface area contributed by atoms with Crippen LogP contribution in [-0.2, 0) is 0 Å². The summed E-state index contributed by atoms with van der Waals surface area (Å²) in [6, 6.07) is 37.4. The van der Waals surface area contributed by atoms with Crippen LogP contribution in [0.4, 0.5) is 78.0 Å². The van der Waals surface area contributed by atoms with Crippen molar-refractivity contribution in [2.45, 2.75) is 0 Å². The first kappa shape index (κ1) is 42.5. The number of aromatic nitrogens is 2. The average Bonchev–Trinajstić information content (AvgIpc) is 3.84. The molecule has 3 heterocycles. The van der Waals surface area contributed by atoms with E-state index in [9.17, 15) is 43.9 Å². The quantitative estimate of drug-likeness (QED) is 0.0778. The third-order valence-electron chi connectivity index (χ3n) is 10.5. The van der Waals surface area contributed by atoms with Crippen LogP contribution in [0.2, 0.25) is 0 Å². The van der Waals surface area contributed by atoms with Crippen molar-refractivity contribution in [3.63, 3.8) is 0 Å². The first-order valence-electron chi connectivity index (χ1n) is 19.4. The van der Waals surface area contributed by atoms with E-state index in [4.69, 9.17) is 0 Å². The van der Waals surface area contributed by atoms with Crippen molar-refractivity contribution < 1.29 is 43.9 Å². The molecule has 0 unspecified atom stereocenters. The van der Waals surface area contributed by atoms with E-state index in [0.29, 0.717) is 34.1 Å². The van der Waals surface area contributed by atoms with Crippen LogP contribution in [0, 0.1) is 58.2 Å². The van der Waals surface area contributed by atoms with Gasteiger partial charge in [-0.3, -0.25) is 9.97 Å². The molecule has 0 fully saturated rings. The van der Waals surface area contributed by atoms with Crippen LogP contribution in [0.15, 0.2) is 158 Å². The number of hydrogen-bond acceptors (Lipinski definition) is 5. The molecule has 65 heavy (non-hydrogen) atoms. The number of thiophene rings is 1. The van der Waals surface area contributed by atoms with Crippen molar-refractivity contribution in [2.24, 2.45) is 0 Å². The minimum absolute atomic E-state index is 0.202. The third-order valence-corrected chi connectivity index (χ3v) is 11.7. The molecule has 0 aliphatic rings. The lowest BCUT2D eigenvalue weighted by molar-refractivity contribution is 0.381. The maximum atomic E-state index is 14.6. The van der Waals surface area contributed by atoms with Crippen LogP contribution < -0.4 is 9.80 Å². The van der Waals surface area contributed by atoms with Crippen molar-refractivity contribution in [1.82, 2.24) is 9.97 Å². The lowest BCUT2D eigenvalue weighted by atomic mass is 10.0. The third kappa shape index (κ3) is 7.84. The Balaban J connectivity index is 0.972. The van der Waals surface area contributed by atoms with Gasteiger partial charge in [0, 0.05) is 68.7 Å². The topological polar surface area (TPSA) is 32.3 Å². The van der Waals surface area contributed by atoms with Gasteiger partial charge in [-0.25, -0.2) is 43.9 Å². The SMILES string of the molecule is Fc1c(F)c(F)c(-c2ccc(N(c3ccncc3)c3ccc(-c4ccc(-c5ccc(N(c6ccncc6)c6ccc(-c7c(F)c(F)c(F)c(F)c7F)cc6)cc5)s4)cc3)cc2)c(F)c1F. The monoisotopic (exact) mass is 904 g/mol. The standard InChI is InChI=1S/C50H26F10N4S/c51-41-39(42(52)46(56)49(59)45(41)55)29-5-13-33(14-6-29)63(35-19-23-61-24-20-35)31-9-1-27(2-10-31)37-17-18-38(65-37)28-3-11-32(12-4-28)64(36-21-25-62-26-22-36)34-15-7-30(8-16-34)40-43(53)47(57)50(60)48(58)44(40)54/h1-26H. The van der Waals surface area contributed by atoms with Gasteiger partial charge < -0.3 is 9.80 Å². The average molecular weight is 905 g/mol. The van der Waals surface area contributed by atoms with E-state index in [1.165, 1.54) is 48.5 Å². The van der Waals surface area contributed by atoms with Gasteiger partial charge in [0.15, 0.2) is 46.5 Å². The first-order valence-corrected chi connectivity index (χ1v) is 20.2. The highest BCUT2D eigenvalue weighted by Gasteiger charge is 2.28. The summed E-state index contributed by atoms with van der Waals surface area (Å²) in [5.41, 5.74) is 3.15. The summed E-state index contributed by atoms with van der Waals surface area (Å²) in [6.07, 6.45) is 6.35. The zero-order valence-corrected chi connectivity index (χ0v) is 33.8. The molecule has 4 nitrogen and oxygen atoms in total. The Kier molecular flexibility index (Phi) is 11.4. The van der Waals surface area contributed by atoms with Crippen molar-refractivity contribution in [2.75, 3.05) is 9.80 Å². The summed E-state index contributed by atoms with van der Waals surface area (Å²) in [5, 5.41) is 0. The molecule has 15 heteroatoms. The molecule has 0 radical (unpaired) electrons.